The molecule has 1 aromatic heterocycles. The van der Waals surface area contributed by atoms with Gasteiger partial charge in [0.2, 0.25) is 5.91 Å². The third-order valence-corrected chi connectivity index (χ3v) is 5.42. The van der Waals surface area contributed by atoms with Crippen LogP contribution in [-0.4, -0.2) is 16.9 Å². The summed E-state index contributed by atoms with van der Waals surface area (Å²) in [4.78, 5) is 29.5. The Morgan fingerprint density at radius 3 is 2.53 bits per heavy atom. The molecular weight excluding hydrogens is 450 g/mol. The number of aromatic nitrogens is 1. The highest BCUT2D eigenvalue weighted by Crippen LogP contribution is 2.31. The van der Waals surface area contributed by atoms with E-state index in [9.17, 15) is 14.0 Å². The molecule has 1 heterocycles. The molecule has 5 nitrogen and oxygen atoms in total. The number of halogens is 3. The zero-order chi connectivity index (χ0) is 21.7. The van der Waals surface area contributed by atoms with Crippen molar-refractivity contribution in [2.75, 3.05) is 4.90 Å². The second-order valence-corrected chi connectivity index (χ2v) is 7.65. The maximum absolute atomic E-state index is 14.1. The first-order chi connectivity index (χ1) is 14.4. The number of carbonyl (C=O) groups is 2. The van der Waals surface area contributed by atoms with Crippen LogP contribution in [0.3, 0.4) is 0 Å². The van der Waals surface area contributed by atoms with Crippen molar-refractivity contribution in [3.8, 4) is 0 Å². The number of hydrogen-bond donors (Lipinski definition) is 0. The van der Waals surface area contributed by atoms with Crippen LogP contribution in [0, 0.1) is 5.82 Å². The Balaban J connectivity index is 1.68. The molecule has 0 saturated heterocycles. The Morgan fingerprint density at radius 2 is 1.87 bits per heavy atom. The average molecular weight is 465 g/mol. The SMILES string of the molecule is CC(=O)N(c1nc(COC(=O)/C=C/c2c(Cl)cccc2Cl)cs1)c1ccccc1F. The zero-order valence-electron chi connectivity index (χ0n) is 15.6. The van der Waals surface area contributed by atoms with Crippen LogP contribution in [0.5, 0.6) is 0 Å². The number of esters is 1. The number of thiazole rings is 1. The summed E-state index contributed by atoms with van der Waals surface area (Å²) in [5.74, 6) is -1.55. The maximum atomic E-state index is 14.1. The number of nitrogens with zero attached hydrogens (tertiary/aromatic N) is 2. The van der Waals surface area contributed by atoms with Crippen LogP contribution in [-0.2, 0) is 20.9 Å². The monoisotopic (exact) mass is 464 g/mol. The highest BCUT2D eigenvalue weighted by Gasteiger charge is 2.21. The standard InChI is InChI=1S/C21H15Cl2FN2O3S/c1-13(27)26(19-8-3-2-7-18(19)24)21-25-14(12-30-21)11-29-20(28)10-9-15-16(22)5-4-6-17(15)23/h2-10,12H,11H2,1H3/b10-9+. The Labute approximate surface area is 186 Å². The minimum absolute atomic E-state index is 0.0995. The van der Waals surface area contributed by atoms with E-state index in [2.05, 4.69) is 4.98 Å². The molecule has 0 radical (unpaired) electrons. The molecule has 1 amide bonds. The van der Waals surface area contributed by atoms with Gasteiger partial charge >= 0.3 is 5.97 Å². The van der Waals surface area contributed by atoms with Crippen molar-refractivity contribution in [1.29, 1.82) is 0 Å². The Hall–Kier alpha value is -2.74. The Morgan fingerprint density at radius 1 is 1.17 bits per heavy atom. The summed E-state index contributed by atoms with van der Waals surface area (Å²) in [7, 11) is 0. The molecule has 0 spiro atoms. The summed E-state index contributed by atoms with van der Waals surface area (Å²) in [6.07, 6.45) is 2.68. The van der Waals surface area contributed by atoms with Crippen LogP contribution >= 0.6 is 34.5 Å². The van der Waals surface area contributed by atoms with E-state index >= 15 is 0 Å². The number of benzene rings is 2. The topological polar surface area (TPSA) is 59.5 Å². The fourth-order valence-corrected chi connectivity index (χ4v) is 3.91. The third-order valence-electron chi connectivity index (χ3n) is 3.89. The van der Waals surface area contributed by atoms with Gasteiger partial charge in [-0.2, -0.15) is 0 Å². The van der Waals surface area contributed by atoms with Gasteiger partial charge in [0, 0.05) is 34.0 Å². The van der Waals surface area contributed by atoms with Crippen molar-refractivity contribution in [1.82, 2.24) is 4.98 Å². The molecule has 0 saturated carbocycles. The van der Waals surface area contributed by atoms with Crippen molar-refractivity contribution in [3.63, 3.8) is 0 Å². The van der Waals surface area contributed by atoms with E-state index in [1.54, 1.807) is 29.6 Å². The predicted octanol–water partition coefficient (Wildman–Crippen LogP) is 6.03. The summed E-state index contributed by atoms with van der Waals surface area (Å²) in [5.41, 5.74) is 1.04. The van der Waals surface area contributed by atoms with Crippen LogP contribution in [0.15, 0.2) is 53.9 Å². The molecule has 3 aromatic rings. The van der Waals surface area contributed by atoms with E-state index < -0.39 is 17.7 Å². The van der Waals surface area contributed by atoms with Gasteiger partial charge in [-0.15, -0.1) is 11.3 Å². The van der Waals surface area contributed by atoms with Gasteiger partial charge in [0.05, 0.1) is 11.4 Å². The number of anilines is 2. The van der Waals surface area contributed by atoms with Crippen LogP contribution < -0.4 is 4.90 Å². The highest BCUT2D eigenvalue weighted by atomic mass is 35.5. The van der Waals surface area contributed by atoms with E-state index in [0.29, 0.717) is 21.3 Å². The van der Waals surface area contributed by atoms with Crippen molar-refractivity contribution >= 4 is 63.3 Å². The summed E-state index contributed by atoms with van der Waals surface area (Å²) >= 11 is 13.2. The second kappa shape index (κ2) is 9.84. The molecule has 9 heteroatoms. The van der Waals surface area contributed by atoms with Crippen molar-refractivity contribution in [3.05, 3.63) is 81.0 Å². The quantitative estimate of drug-likeness (QED) is 0.330. The molecule has 2 aromatic carbocycles. The van der Waals surface area contributed by atoms with Gasteiger partial charge in [0.25, 0.3) is 0 Å². The highest BCUT2D eigenvalue weighted by molar-refractivity contribution is 7.14. The number of amides is 1. The first-order valence-electron chi connectivity index (χ1n) is 8.65. The average Bonchev–Trinajstić information content (AvgIpc) is 3.16. The number of hydrogen-bond acceptors (Lipinski definition) is 5. The summed E-state index contributed by atoms with van der Waals surface area (Å²) < 4.78 is 19.3. The molecule has 0 aliphatic heterocycles. The van der Waals surface area contributed by atoms with Gasteiger partial charge in [-0.25, -0.2) is 14.2 Å². The van der Waals surface area contributed by atoms with Crippen molar-refractivity contribution < 1.29 is 18.7 Å². The lowest BCUT2D eigenvalue weighted by molar-refractivity contribution is -0.139. The molecule has 0 atom stereocenters. The van der Waals surface area contributed by atoms with Crippen molar-refractivity contribution in [2.45, 2.75) is 13.5 Å². The molecule has 0 bridgehead atoms. The van der Waals surface area contributed by atoms with Crippen LogP contribution in [0.4, 0.5) is 15.2 Å². The van der Waals surface area contributed by atoms with E-state index in [1.807, 2.05) is 0 Å². The molecule has 3 rings (SSSR count). The first-order valence-corrected chi connectivity index (χ1v) is 10.3. The van der Waals surface area contributed by atoms with E-state index in [-0.39, 0.29) is 17.4 Å². The van der Waals surface area contributed by atoms with Gasteiger partial charge in [-0.1, -0.05) is 41.4 Å². The fraction of sp³-hybridized carbons (Fsp3) is 0.0952. The number of ether oxygens (including phenoxy) is 1. The molecule has 0 unspecified atom stereocenters. The predicted molar refractivity (Wildman–Crippen MR) is 117 cm³/mol. The molecule has 0 aliphatic carbocycles. The van der Waals surface area contributed by atoms with Gasteiger partial charge in [-0.05, 0) is 30.3 Å². The summed E-state index contributed by atoms with van der Waals surface area (Å²) in [6, 6.07) is 10.9. The normalized spacial score (nSPS) is 10.9. The summed E-state index contributed by atoms with van der Waals surface area (Å²) in [5, 5.41) is 2.73. The largest absolute Gasteiger partial charge is 0.456 e. The number of para-hydroxylation sites is 1. The van der Waals surface area contributed by atoms with Gasteiger partial charge in [0.1, 0.15) is 12.4 Å². The van der Waals surface area contributed by atoms with E-state index in [1.165, 1.54) is 42.2 Å². The second-order valence-electron chi connectivity index (χ2n) is 6.00. The minimum atomic E-state index is -0.613. The van der Waals surface area contributed by atoms with Gasteiger partial charge < -0.3 is 4.74 Å². The molecule has 30 heavy (non-hydrogen) atoms. The van der Waals surface area contributed by atoms with Crippen LogP contribution in [0.25, 0.3) is 6.08 Å². The van der Waals surface area contributed by atoms with Crippen molar-refractivity contribution in [2.24, 2.45) is 0 Å². The molecule has 0 fully saturated rings. The van der Waals surface area contributed by atoms with Crippen LogP contribution in [0.1, 0.15) is 18.2 Å². The molecule has 0 aliphatic rings. The third kappa shape index (κ3) is 5.24. The van der Waals surface area contributed by atoms with Gasteiger partial charge in [0.15, 0.2) is 5.13 Å². The van der Waals surface area contributed by atoms with E-state index in [4.69, 9.17) is 27.9 Å². The zero-order valence-corrected chi connectivity index (χ0v) is 18.0. The maximum Gasteiger partial charge on any atom is 0.331 e. The van der Waals surface area contributed by atoms with Crippen LogP contribution in [0.2, 0.25) is 10.0 Å². The number of carbonyl (C=O) groups excluding carboxylic acids is 2. The fourth-order valence-electron chi connectivity index (χ4n) is 2.52. The van der Waals surface area contributed by atoms with E-state index in [0.717, 1.165) is 11.3 Å². The Kier molecular flexibility index (Phi) is 7.20. The lowest BCUT2D eigenvalue weighted by Crippen LogP contribution is -2.23. The lowest BCUT2D eigenvalue weighted by atomic mass is 10.2. The minimum Gasteiger partial charge on any atom is -0.456 e. The molecular formula is C21H15Cl2FN2O3S. The van der Waals surface area contributed by atoms with Gasteiger partial charge in [-0.3, -0.25) is 9.69 Å². The lowest BCUT2D eigenvalue weighted by Gasteiger charge is -2.18. The first kappa shape index (κ1) is 22.0. The molecule has 154 valence electrons. The summed E-state index contributed by atoms with van der Waals surface area (Å²) in [6.45, 7) is 1.21. The number of rotatable bonds is 6. The smallest absolute Gasteiger partial charge is 0.331 e. The molecule has 0 N–H and O–H groups in total. The Bertz CT molecular complexity index is 1100.